The van der Waals surface area contributed by atoms with Gasteiger partial charge in [0, 0.05) is 233 Å². The van der Waals surface area contributed by atoms with Crippen LogP contribution in [0.2, 0.25) is 0 Å². The molecule has 8 aromatic heterocycles. The SMILES string of the molecule is CCOCc1cc(OC)cc(N(CC2CC2)c2ccc3ncc(-c4cnn(C)c4)nc3c2)c1.CNC(=O)c1cc(OC)cc(N(CC(O)CO)c2ccc3ncc(-c4cnn(C)c4)nc3c2)c1.COc1cc(OC)cc(N(CC(NC(C)C)C(C)C)c2ccc3ncc(-c4cnn(C)c4)nc3c2)c1.COc1cc(OC)cc(N(CCN2CC(C)(C)N=C2C)c2ccc3ncc(-c4cnn(C)c4)nc3c2)c1. The Labute approximate surface area is 815 Å². The normalized spacial score (nSPS) is 13.1. The first kappa shape index (κ1) is 99.2. The van der Waals surface area contributed by atoms with E-state index >= 15 is 0 Å². The van der Waals surface area contributed by atoms with Gasteiger partial charge in [0.1, 0.15) is 34.5 Å². The fraction of sp³-hybridized carbons (Fsp3) is 0.340. The number of rotatable bonds is 35. The number of ether oxygens (including phenoxy) is 7. The molecule has 9 heterocycles. The lowest BCUT2D eigenvalue weighted by atomic mass is 10.0. The standard InChI is InChI=1S/C28H33N7O2.C28H36N6O2.C26H29N5O2.C24H26N6O4/c1-19-32-28(2,3)18-34(19)9-10-35(22-11-23(36-5)14-24(12-22)37-6)21-7-8-25-26(13-21)31-27(16-29-25)20-15-30-33(4)17-20;1-18(2)28(31-19(3)4)17-34(22-10-23(35-6)13-24(11-22)36-7)21-8-9-25-26(12-21)32-27(15-29-25)20-14-30-33(5)16-20;1-4-33-17-19-9-22(11-23(10-19)32-3)31(15-18-5-6-18)21-7-8-24-25(12-21)29-26(14-27-24)20-13-28-30(2)16-20;1-25-24(33)15-6-18(8-20(7-15)34-3)30(13-19(32)14-31)17-4-5-21-22(9-17)28-23(11-26-21)16-10-27-29(2)12-16/h7-8,11-17H,9-10,18H2,1-6H3;8-16,18-19,28,31H,17H2,1-7H3;7-14,16,18H,4-6,15,17H2,1-3H3;4-12,19,31-32H,13-14H2,1-3H3,(H,25,33). The van der Waals surface area contributed by atoms with Crippen LogP contribution in [0.1, 0.15) is 84.2 Å². The number of nitrogens with one attached hydrogen (secondary N) is 2. The van der Waals surface area contributed by atoms with Crippen LogP contribution >= 0.6 is 0 Å². The molecule has 0 spiro atoms. The second kappa shape index (κ2) is 44.9. The molecule has 0 radical (unpaired) electrons. The summed E-state index contributed by atoms with van der Waals surface area (Å²) in [5.74, 6) is 6.21. The number of amidine groups is 1. The van der Waals surface area contributed by atoms with Gasteiger partial charge in [-0.25, -0.2) is 19.9 Å². The number of fused-ring (bicyclic) bond motifs is 4. The summed E-state index contributed by atoms with van der Waals surface area (Å²) in [7, 11) is 19.0. The van der Waals surface area contributed by atoms with Gasteiger partial charge in [-0.15, -0.1) is 0 Å². The number of aromatic nitrogens is 16. The summed E-state index contributed by atoms with van der Waals surface area (Å²) in [6.07, 6.45) is 23.5. The zero-order valence-electron chi connectivity index (χ0n) is 82.9. The number of methoxy groups -OCH3 is 6. The van der Waals surface area contributed by atoms with Crippen molar-refractivity contribution in [1.29, 1.82) is 0 Å². The average Bonchev–Trinajstić information content (AvgIpc) is 0.917. The van der Waals surface area contributed by atoms with Crippen LogP contribution in [0, 0.1) is 11.8 Å². The van der Waals surface area contributed by atoms with Crippen LogP contribution in [-0.2, 0) is 39.5 Å². The Hall–Kier alpha value is -15.3. The van der Waals surface area contributed by atoms with Crippen LogP contribution in [0.15, 0.2) is 225 Å². The molecule has 1 aliphatic heterocycles. The van der Waals surface area contributed by atoms with Gasteiger partial charge in [-0.1, -0.05) is 27.7 Å². The summed E-state index contributed by atoms with van der Waals surface area (Å²) in [5, 5.41) is 43.1. The molecule has 18 rings (SSSR count). The number of anilines is 8. The highest BCUT2D eigenvalue weighted by atomic mass is 16.5. The van der Waals surface area contributed by atoms with E-state index in [9.17, 15) is 15.0 Å². The molecular formula is C106H124N24O10. The Morgan fingerprint density at radius 3 is 1.19 bits per heavy atom. The number of nitrogens with zero attached hydrogens (tertiary/aromatic N) is 22. The zero-order valence-corrected chi connectivity index (χ0v) is 82.9. The smallest absolute Gasteiger partial charge is 0.251 e. The number of aryl methyl sites for hydroxylation is 4. The van der Waals surface area contributed by atoms with Gasteiger partial charge in [0.2, 0.25) is 0 Å². The Morgan fingerprint density at radius 2 is 0.836 bits per heavy atom. The molecule has 1 aliphatic carbocycles. The number of hydrogen-bond acceptors (Lipinski definition) is 29. The number of carbonyl (C=O) groups excluding carboxylic acids is 1. The molecule has 4 N–H and O–H groups in total. The molecule has 1 saturated carbocycles. The van der Waals surface area contributed by atoms with Gasteiger partial charge in [0.15, 0.2) is 0 Å². The quantitative estimate of drug-likeness (QED) is 0.0287. The Balaban J connectivity index is 0.000000141. The second-order valence-electron chi connectivity index (χ2n) is 36.0. The van der Waals surface area contributed by atoms with Crippen molar-refractivity contribution in [3.8, 4) is 79.5 Å². The van der Waals surface area contributed by atoms with Crippen molar-refractivity contribution in [3.63, 3.8) is 0 Å². The topological polar surface area (TPSA) is 349 Å². The third-order valence-corrected chi connectivity index (χ3v) is 24.1. The van der Waals surface area contributed by atoms with Gasteiger partial charge in [-0.05, 0) is 155 Å². The van der Waals surface area contributed by atoms with Crippen LogP contribution in [0.5, 0.6) is 34.5 Å². The summed E-state index contributed by atoms with van der Waals surface area (Å²) >= 11 is 0. The van der Waals surface area contributed by atoms with Crippen LogP contribution in [0.4, 0.5) is 45.5 Å². The van der Waals surface area contributed by atoms with E-state index in [4.69, 9.17) is 58.1 Å². The van der Waals surface area contributed by atoms with Gasteiger partial charge in [-0.2, -0.15) is 20.4 Å². The van der Waals surface area contributed by atoms with Gasteiger partial charge >= 0.3 is 0 Å². The molecular weight excluding hydrogens is 1770 g/mol. The Bertz CT molecular complexity index is 6970. The van der Waals surface area contributed by atoms with Gasteiger partial charge in [0.25, 0.3) is 5.91 Å². The molecule has 8 aromatic carbocycles. The lowest BCUT2D eigenvalue weighted by Crippen LogP contribution is -2.45. The maximum Gasteiger partial charge on any atom is 0.251 e. The van der Waals surface area contributed by atoms with Crippen molar-refractivity contribution in [3.05, 3.63) is 231 Å². The fourth-order valence-corrected chi connectivity index (χ4v) is 16.7. The Morgan fingerprint density at radius 1 is 0.464 bits per heavy atom. The molecule has 2 aliphatic rings. The molecule has 34 heteroatoms. The Kier molecular flexibility index (Phi) is 31.8. The van der Waals surface area contributed by atoms with Gasteiger partial charge in [0.05, 0.1) is 196 Å². The number of benzene rings is 8. The van der Waals surface area contributed by atoms with E-state index in [0.717, 1.165) is 179 Å². The van der Waals surface area contributed by atoms with Crippen LogP contribution < -0.4 is 58.7 Å². The molecule has 728 valence electrons. The number of aliphatic hydroxyl groups is 2. The third kappa shape index (κ3) is 24.8. The predicted molar refractivity (Wildman–Crippen MR) is 550 cm³/mol. The van der Waals surface area contributed by atoms with Crippen molar-refractivity contribution in [2.24, 2.45) is 45.0 Å². The first-order valence-electron chi connectivity index (χ1n) is 46.7. The maximum absolute atomic E-state index is 12.3. The van der Waals surface area contributed by atoms with E-state index in [1.54, 1.807) is 122 Å². The molecule has 2 unspecified atom stereocenters. The summed E-state index contributed by atoms with van der Waals surface area (Å²) in [5.41, 5.74) is 22.1. The third-order valence-electron chi connectivity index (χ3n) is 24.1. The molecule has 1 fully saturated rings. The summed E-state index contributed by atoms with van der Waals surface area (Å²) in [4.78, 5) is 66.1. The minimum Gasteiger partial charge on any atom is -0.497 e. The minimum absolute atomic E-state index is 0.0741. The molecule has 2 atom stereocenters. The summed E-state index contributed by atoms with van der Waals surface area (Å²) in [6, 6.07) is 48.2. The number of hydrogen-bond donors (Lipinski definition) is 4. The average molecular weight is 1890 g/mol. The van der Waals surface area contributed by atoms with Crippen molar-refractivity contribution >= 4 is 101 Å². The van der Waals surface area contributed by atoms with Crippen molar-refractivity contribution < 1.29 is 48.2 Å². The predicted octanol–water partition coefficient (Wildman–Crippen LogP) is 16.9. The van der Waals surface area contributed by atoms with E-state index in [1.807, 2.05) is 151 Å². The monoisotopic (exact) mass is 1890 g/mol. The summed E-state index contributed by atoms with van der Waals surface area (Å²) in [6.45, 7) is 22.4. The highest BCUT2D eigenvalue weighted by Gasteiger charge is 2.32. The van der Waals surface area contributed by atoms with Crippen LogP contribution in [0.25, 0.3) is 89.2 Å². The van der Waals surface area contributed by atoms with Gasteiger partial charge < -0.3 is 78.5 Å². The molecule has 1 amide bonds. The second-order valence-corrected chi connectivity index (χ2v) is 36.0. The number of aliphatic hydroxyl groups excluding tert-OH is 2. The fourth-order valence-electron chi connectivity index (χ4n) is 16.7. The molecule has 140 heavy (non-hydrogen) atoms. The van der Waals surface area contributed by atoms with E-state index in [-0.39, 0.29) is 24.0 Å². The van der Waals surface area contributed by atoms with E-state index in [0.29, 0.717) is 70.5 Å². The zero-order chi connectivity index (χ0) is 99.0. The van der Waals surface area contributed by atoms with E-state index in [2.05, 4.69) is 168 Å². The first-order valence-corrected chi connectivity index (χ1v) is 46.7. The van der Waals surface area contributed by atoms with Crippen molar-refractivity contribution in [2.45, 2.75) is 98.6 Å². The largest absolute Gasteiger partial charge is 0.497 e. The maximum atomic E-state index is 12.3. The number of carbonyl (C=O) groups is 1. The molecule has 16 aromatic rings. The number of amides is 1. The van der Waals surface area contributed by atoms with Crippen molar-refractivity contribution in [2.75, 3.05) is 122 Å². The number of aliphatic imine (C=N–C) groups is 1. The molecule has 34 nitrogen and oxygen atoms in total. The van der Waals surface area contributed by atoms with Crippen LogP contribution in [0.3, 0.4) is 0 Å². The first-order chi connectivity index (χ1) is 67.5. The lowest BCUT2D eigenvalue weighted by molar-refractivity contribution is 0.0962. The minimum atomic E-state index is -1.02. The highest BCUT2D eigenvalue weighted by molar-refractivity contribution is 5.96. The highest BCUT2D eigenvalue weighted by Crippen LogP contribution is 2.42. The van der Waals surface area contributed by atoms with Gasteiger partial charge in [-0.3, -0.25) is 48.5 Å². The van der Waals surface area contributed by atoms with Crippen molar-refractivity contribution in [1.82, 2.24) is 94.5 Å². The van der Waals surface area contributed by atoms with E-state index < -0.39 is 12.7 Å². The summed E-state index contributed by atoms with van der Waals surface area (Å²) < 4.78 is 46.0. The van der Waals surface area contributed by atoms with Crippen LogP contribution in [-0.4, -0.2) is 232 Å². The molecule has 0 bridgehead atoms. The molecule has 0 saturated heterocycles. The van der Waals surface area contributed by atoms with E-state index in [1.165, 1.54) is 20.0 Å². The lowest BCUT2D eigenvalue weighted by Gasteiger charge is -2.33.